The van der Waals surface area contributed by atoms with Gasteiger partial charge in [0.15, 0.2) is 0 Å². The fourth-order valence-corrected chi connectivity index (χ4v) is 2.09. The maximum absolute atomic E-state index is 12.0. The average molecular weight is 368 g/mol. The van der Waals surface area contributed by atoms with Gasteiger partial charge in [0.2, 0.25) is 0 Å². The van der Waals surface area contributed by atoms with Gasteiger partial charge in [0.1, 0.15) is 0 Å². The molecule has 0 radical (unpaired) electrons. The summed E-state index contributed by atoms with van der Waals surface area (Å²) in [6.45, 7) is 4.33. The van der Waals surface area contributed by atoms with Gasteiger partial charge in [-0.3, -0.25) is 0 Å². The second-order valence-corrected chi connectivity index (χ2v) is 8.03. The number of esters is 1. The molecule has 0 amide bonds. The van der Waals surface area contributed by atoms with Crippen molar-refractivity contribution in [3.8, 4) is 5.75 Å². The van der Waals surface area contributed by atoms with E-state index in [4.69, 9.17) is 4.74 Å². The van der Waals surface area contributed by atoms with Crippen molar-refractivity contribution in [2.45, 2.75) is 17.3 Å². The number of hydrogen-bond donors (Lipinski definition) is 0. The van der Waals surface area contributed by atoms with E-state index in [0.717, 1.165) is 0 Å². The molecule has 2 nitrogen and oxygen atoms in total. The molecule has 0 unspecified atom stereocenters. The third-order valence-corrected chi connectivity index (χ3v) is 3.52. The Morgan fingerprint density at radius 2 is 1.58 bits per heavy atom. The Morgan fingerprint density at radius 3 is 2.11 bits per heavy atom. The molecular weight excluding hydrogens is 352 g/mol. The first-order valence-corrected chi connectivity index (χ1v) is 7.34. The standard InChI is InChI=1S/C16H16O2Te/c1-16(2,19)13-10-8-12(9-11-13)15(17)18-14-6-4-3-5-7-14/h3-11,19H,1-2H3. The number of carbonyl (C=O) groups excluding carboxylic acids is 1. The summed E-state index contributed by atoms with van der Waals surface area (Å²) in [6.07, 6.45) is 0. The van der Waals surface area contributed by atoms with E-state index in [1.165, 1.54) is 5.56 Å². The Bertz CT molecular complexity index is 554. The van der Waals surface area contributed by atoms with E-state index in [2.05, 4.69) is 13.8 Å². The van der Waals surface area contributed by atoms with Crippen molar-refractivity contribution < 1.29 is 9.53 Å². The van der Waals surface area contributed by atoms with Crippen LogP contribution in [0, 0.1) is 0 Å². The Morgan fingerprint density at radius 1 is 1.00 bits per heavy atom. The first kappa shape index (κ1) is 14.1. The van der Waals surface area contributed by atoms with Crippen LogP contribution in [-0.4, -0.2) is 28.3 Å². The molecule has 0 aromatic heterocycles. The molecule has 0 bridgehead atoms. The molecule has 19 heavy (non-hydrogen) atoms. The maximum atomic E-state index is 12.0. The molecule has 0 saturated heterocycles. The topological polar surface area (TPSA) is 26.3 Å². The number of benzene rings is 2. The van der Waals surface area contributed by atoms with E-state index in [0.29, 0.717) is 11.3 Å². The fourth-order valence-electron chi connectivity index (χ4n) is 1.67. The van der Waals surface area contributed by atoms with E-state index in [1.807, 2.05) is 42.5 Å². The van der Waals surface area contributed by atoms with E-state index in [-0.39, 0.29) is 9.43 Å². The molecule has 3 heteroatoms. The van der Waals surface area contributed by atoms with Crippen molar-refractivity contribution in [1.82, 2.24) is 0 Å². The summed E-state index contributed by atoms with van der Waals surface area (Å²) < 4.78 is 5.43. The zero-order chi connectivity index (χ0) is 13.9. The normalized spacial score (nSPS) is 11.1. The number of hydrogen-bond acceptors (Lipinski definition) is 2. The molecule has 0 spiro atoms. The third kappa shape index (κ3) is 3.83. The van der Waals surface area contributed by atoms with Crippen LogP contribution in [0.4, 0.5) is 0 Å². The molecule has 0 heterocycles. The van der Waals surface area contributed by atoms with Crippen LogP contribution in [0.3, 0.4) is 0 Å². The van der Waals surface area contributed by atoms with Gasteiger partial charge in [-0.15, -0.1) is 0 Å². The molecule has 2 aromatic rings. The van der Waals surface area contributed by atoms with Gasteiger partial charge in [0, 0.05) is 0 Å². The van der Waals surface area contributed by atoms with Crippen molar-refractivity contribution in [3.63, 3.8) is 0 Å². The van der Waals surface area contributed by atoms with Crippen LogP contribution in [-0.2, 0) is 3.46 Å². The van der Waals surface area contributed by atoms with E-state index in [9.17, 15) is 4.79 Å². The summed E-state index contributed by atoms with van der Waals surface area (Å²) in [4.78, 5) is 12.0. The number of ether oxygens (including phenoxy) is 1. The second kappa shape index (κ2) is 5.77. The molecule has 0 fully saturated rings. The second-order valence-electron chi connectivity index (χ2n) is 4.84. The van der Waals surface area contributed by atoms with Gasteiger partial charge >= 0.3 is 127 Å². The molecule has 2 rings (SSSR count). The predicted octanol–water partition coefficient (Wildman–Crippen LogP) is 3.04. The number of carbonyl (C=O) groups is 1. The molecule has 2 aromatic carbocycles. The Labute approximate surface area is 126 Å². The molecule has 0 N–H and O–H groups in total. The Kier molecular flexibility index (Phi) is 4.29. The van der Waals surface area contributed by atoms with Crippen LogP contribution < -0.4 is 4.74 Å². The zero-order valence-electron chi connectivity index (χ0n) is 11.0. The average Bonchev–Trinajstić information content (AvgIpc) is 2.39. The quantitative estimate of drug-likeness (QED) is 0.473. The van der Waals surface area contributed by atoms with Crippen LogP contribution in [0.25, 0.3) is 0 Å². The van der Waals surface area contributed by atoms with Gasteiger partial charge in [-0.1, -0.05) is 0 Å². The molecule has 98 valence electrons. The summed E-state index contributed by atoms with van der Waals surface area (Å²) in [6, 6.07) is 16.7. The fraction of sp³-hybridized carbons (Fsp3) is 0.188. The summed E-state index contributed by atoms with van der Waals surface area (Å²) in [5.41, 5.74) is 1.79. The van der Waals surface area contributed by atoms with Crippen molar-refractivity contribution in [2.24, 2.45) is 0 Å². The number of para-hydroxylation sites is 1. The van der Waals surface area contributed by atoms with Crippen LogP contribution in [0.15, 0.2) is 54.6 Å². The predicted molar refractivity (Wildman–Crippen MR) is 78.0 cm³/mol. The van der Waals surface area contributed by atoms with Gasteiger partial charge in [-0.25, -0.2) is 0 Å². The van der Waals surface area contributed by atoms with E-state index >= 15 is 0 Å². The van der Waals surface area contributed by atoms with Gasteiger partial charge < -0.3 is 0 Å². The summed E-state index contributed by atoms with van der Waals surface area (Å²) in [5.74, 6) is 0.242. The van der Waals surface area contributed by atoms with Gasteiger partial charge in [-0.2, -0.15) is 0 Å². The van der Waals surface area contributed by atoms with Crippen LogP contribution in [0.5, 0.6) is 5.75 Å². The first-order valence-electron chi connectivity index (χ1n) is 6.07. The Balaban J connectivity index is 2.12. The van der Waals surface area contributed by atoms with Crippen LogP contribution in [0.2, 0.25) is 0 Å². The van der Waals surface area contributed by atoms with E-state index in [1.54, 1.807) is 34.4 Å². The molecule has 0 atom stereocenters. The number of rotatable bonds is 3. The summed E-state index contributed by atoms with van der Waals surface area (Å²) in [7, 11) is 0. The van der Waals surface area contributed by atoms with Gasteiger partial charge in [-0.05, 0) is 0 Å². The van der Waals surface area contributed by atoms with Crippen LogP contribution in [0.1, 0.15) is 29.8 Å². The van der Waals surface area contributed by atoms with Crippen LogP contribution >= 0.6 is 0 Å². The van der Waals surface area contributed by atoms with E-state index < -0.39 is 0 Å². The van der Waals surface area contributed by atoms with Crippen molar-refractivity contribution in [1.29, 1.82) is 0 Å². The minimum atomic E-state index is -0.323. The Hall–Kier alpha value is -1.30. The summed E-state index contributed by atoms with van der Waals surface area (Å²) >= 11 is 1.76. The summed E-state index contributed by atoms with van der Waals surface area (Å²) in [5, 5.41) is 0. The minimum absolute atomic E-state index is 0.135. The van der Waals surface area contributed by atoms with Gasteiger partial charge in [0.25, 0.3) is 0 Å². The molecule has 0 aliphatic heterocycles. The molecule has 0 aliphatic carbocycles. The molecular formula is C16H16O2Te. The van der Waals surface area contributed by atoms with Gasteiger partial charge in [0.05, 0.1) is 0 Å². The molecule has 0 aliphatic rings. The SMILES string of the molecule is CC(C)([TeH])c1ccc(C(=O)Oc2ccccc2)cc1. The van der Waals surface area contributed by atoms with Crippen molar-refractivity contribution >= 4 is 28.3 Å². The first-order chi connectivity index (χ1) is 8.97. The molecule has 0 saturated carbocycles. The monoisotopic (exact) mass is 370 g/mol. The third-order valence-electron chi connectivity index (χ3n) is 2.78. The zero-order valence-corrected chi connectivity index (χ0v) is 13.5. The van der Waals surface area contributed by atoms with Crippen molar-refractivity contribution in [3.05, 3.63) is 65.7 Å². The van der Waals surface area contributed by atoms with Crippen molar-refractivity contribution in [2.75, 3.05) is 0 Å².